The largest absolute Gasteiger partial charge is 0.483 e. The number of carbonyl (C=O) groups excluding carboxylic acids is 5. The fraction of sp³-hybridized carbons (Fsp3) is 0.187. The first-order valence-electron chi connectivity index (χ1n) is 30.0. The van der Waals surface area contributed by atoms with Crippen molar-refractivity contribution in [1.29, 1.82) is 0 Å². The number of fused-ring (bicyclic) bond motifs is 8. The molecular weight excluding hydrogens is 1150 g/mol. The summed E-state index contributed by atoms with van der Waals surface area (Å²) in [6, 6.07) is 52.4. The van der Waals surface area contributed by atoms with E-state index in [-0.39, 0.29) is 36.0 Å². The number of amides is 5. The van der Waals surface area contributed by atoms with Gasteiger partial charge in [-0.15, -0.1) is 0 Å². The smallest absolute Gasteiger partial charge is 0.262 e. The quantitative estimate of drug-likeness (QED) is 0.0490. The predicted octanol–water partition coefficient (Wildman–Crippen LogP) is 17.0. The SMILES string of the molecule is CC(C)(C)C(=O)Nc1ccccc1-c1c2nc(c(-c3ccccc3NC(=O)C(C)(C)C)c3ccc([nH]3)c(-c3ccccc3NC(=O)C(C)(C)C)c3nc(c(-c4ccccc4NC(=O)COc4cccc(NC(=O)c5ccccc5)c4CS)c4ccc1[nH]4)C=C3)C=C2. The van der Waals surface area contributed by atoms with Crippen molar-refractivity contribution in [3.8, 4) is 50.3 Å². The van der Waals surface area contributed by atoms with Crippen molar-refractivity contribution < 1.29 is 28.7 Å². The van der Waals surface area contributed by atoms with Gasteiger partial charge < -0.3 is 41.3 Å². The van der Waals surface area contributed by atoms with Crippen LogP contribution in [0.3, 0.4) is 0 Å². The molecule has 5 amide bonds. The van der Waals surface area contributed by atoms with Crippen LogP contribution in [0.25, 0.3) is 90.9 Å². The number of benzene rings is 6. The zero-order valence-electron chi connectivity index (χ0n) is 52.2. The van der Waals surface area contributed by atoms with E-state index >= 15 is 0 Å². The normalized spacial score (nSPS) is 12.1. The molecule has 0 radical (unpaired) electrons. The Morgan fingerprint density at radius 1 is 0.396 bits per heavy atom. The second kappa shape index (κ2) is 25.5. The summed E-state index contributed by atoms with van der Waals surface area (Å²) in [5.41, 5.74) is 11.7. The van der Waals surface area contributed by atoms with Crippen molar-refractivity contribution in [2.45, 2.75) is 68.1 Å². The van der Waals surface area contributed by atoms with E-state index in [4.69, 9.17) is 14.7 Å². The molecule has 2 aliphatic rings. The lowest BCUT2D eigenvalue weighted by molar-refractivity contribution is -0.123. The molecule has 0 saturated heterocycles. The predicted molar refractivity (Wildman–Crippen MR) is 373 cm³/mol. The molecule has 5 heterocycles. The highest BCUT2D eigenvalue weighted by atomic mass is 32.1. The number of aromatic amines is 2. The van der Waals surface area contributed by atoms with Crippen molar-refractivity contribution >= 4 is 117 Å². The number of anilines is 5. The highest BCUT2D eigenvalue weighted by Gasteiger charge is 2.28. The number of carbonyl (C=O) groups is 5. The summed E-state index contributed by atoms with van der Waals surface area (Å²) in [6.07, 6.45) is 7.79. The molecule has 0 unspecified atom stereocenters. The minimum Gasteiger partial charge on any atom is -0.483 e. The lowest BCUT2D eigenvalue weighted by Gasteiger charge is -2.20. The zero-order chi connectivity index (χ0) is 64.4. The first-order chi connectivity index (χ1) is 43.5. The van der Waals surface area contributed by atoms with Crippen LogP contribution in [0, 0.1) is 16.2 Å². The summed E-state index contributed by atoms with van der Waals surface area (Å²) in [5, 5.41) is 15.8. The van der Waals surface area contributed by atoms with Crippen LogP contribution in [0.1, 0.15) is 101 Å². The Bertz CT molecular complexity index is 4550. The van der Waals surface area contributed by atoms with Gasteiger partial charge in [-0.2, -0.15) is 12.6 Å². The van der Waals surface area contributed by atoms with Crippen molar-refractivity contribution in [2.75, 3.05) is 33.2 Å². The average Bonchev–Trinajstić information content (AvgIpc) is 1.80. The van der Waals surface area contributed by atoms with E-state index in [1.807, 2.05) is 214 Å². The molecule has 6 aromatic carbocycles. The van der Waals surface area contributed by atoms with Gasteiger partial charge in [0.15, 0.2) is 6.61 Å². The Morgan fingerprint density at radius 2 is 0.725 bits per heavy atom. The van der Waals surface area contributed by atoms with Gasteiger partial charge in [0.25, 0.3) is 11.8 Å². The fourth-order valence-corrected chi connectivity index (χ4v) is 10.9. The van der Waals surface area contributed by atoms with Gasteiger partial charge in [-0.1, -0.05) is 159 Å². The van der Waals surface area contributed by atoms with E-state index in [0.717, 1.165) is 0 Å². The van der Waals surface area contributed by atoms with Crippen molar-refractivity contribution in [1.82, 2.24) is 19.9 Å². The summed E-state index contributed by atoms with van der Waals surface area (Å²) in [7, 11) is 0. The van der Waals surface area contributed by atoms with Crippen LogP contribution >= 0.6 is 12.6 Å². The molecule has 0 spiro atoms. The molecule has 9 aromatic rings. The van der Waals surface area contributed by atoms with Crippen LogP contribution in [0.15, 0.2) is 170 Å². The van der Waals surface area contributed by atoms with E-state index in [9.17, 15) is 24.0 Å². The monoisotopic (exact) mass is 1230 g/mol. The Hall–Kier alpha value is -10.6. The van der Waals surface area contributed by atoms with Crippen LogP contribution in [0.4, 0.5) is 28.4 Å². The minimum atomic E-state index is -0.732. The minimum absolute atomic E-state index is 0.171. The molecule has 3 aromatic heterocycles. The molecule has 7 N–H and O–H groups in total. The third kappa shape index (κ3) is 13.4. The van der Waals surface area contributed by atoms with E-state index in [0.29, 0.717) is 135 Å². The molecule has 2 aliphatic heterocycles. The van der Waals surface area contributed by atoms with Gasteiger partial charge >= 0.3 is 0 Å². The molecular formula is C75H71N9O6S. The highest BCUT2D eigenvalue weighted by molar-refractivity contribution is 7.79. The van der Waals surface area contributed by atoms with Gasteiger partial charge in [-0.05, 0) is 97.1 Å². The molecule has 0 atom stereocenters. The third-order valence-corrected chi connectivity index (χ3v) is 15.9. The number of thiol groups is 1. The molecule has 0 fully saturated rings. The molecule has 15 nitrogen and oxygen atoms in total. The van der Waals surface area contributed by atoms with Crippen molar-refractivity contribution in [2.24, 2.45) is 16.2 Å². The number of para-hydroxylation sites is 4. The maximum Gasteiger partial charge on any atom is 0.262 e. The number of hydrogen-bond donors (Lipinski definition) is 8. The van der Waals surface area contributed by atoms with E-state index in [1.165, 1.54) is 0 Å². The second-order valence-electron chi connectivity index (χ2n) is 25.4. The zero-order valence-corrected chi connectivity index (χ0v) is 53.1. The average molecular weight is 1230 g/mol. The van der Waals surface area contributed by atoms with Crippen molar-refractivity contribution in [3.05, 3.63) is 204 Å². The topological polar surface area (TPSA) is 212 Å². The fourth-order valence-electron chi connectivity index (χ4n) is 10.6. The molecule has 91 heavy (non-hydrogen) atoms. The third-order valence-electron chi connectivity index (χ3n) is 15.5. The molecule has 0 aliphatic carbocycles. The Morgan fingerprint density at radius 3 is 1.08 bits per heavy atom. The Balaban J connectivity index is 1.16. The molecule has 0 saturated carbocycles. The lowest BCUT2D eigenvalue weighted by atomic mass is 9.94. The van der Waals surface area contributed by atoms with Crippen LogP contribution in [-0.2, 0) is 24.9 Å². The number of ether oxygens (including phenoxy) is 1. The van der Waals surface area contributed by atoms with Gasteiger partial charge in [-0.25, -0.2) is 9.97 Å². The van der Waals surface area contributed by atoms with Crippen LogP contribution < -0.4 is 31.3 Å². The van der Waals surface area contributed by atoms with E-state index < -0.39 is 22.2 Å². The standard InChI is InChI=1S/C75H71N9O6S/c1-73(2,3)70(87)82-51-29-18-14-25-46(51)66-57-36-34-55(76-57)65(45-24-13-17-28-50(45)80-64(85)42-90-63-33-21-32-54(49(63)43-91)81-69(86)44-22-11-10-12-23-44)56-35-37-58(77-56)67(47-26-15-19-30-52(47)83-71(88)74(4,5)6)60-39-41-62(79-60)68(61-40-38-59(66)78-61)48-27-16-20-31-53(48)84-72(89)75(7,8)9/h10-41,76,79,91H,42-43H2,1-9H3,(H,80,85)(H,81,86)(H,82,87)(H,83,88)(H,84,89). The summed E-state index contributed by atoms with van der Waals surface area (Å²) in [5.74, 6) is -0.696. The Labute approximate surface area is 534 Å². The summed E-state index contributed by atoms with van der Waals surface area (Å²) < 4.78 is 6.23. The Kier molecular flexibility index (Phi) is 17.4. The van der Waals surface area contributed by atoms with Crippen LogP contribution in [-0.4, -0.2) is 56.1 Å². The summed E-state index contributed by atoms with van der Waals surface area (Å²) in [4.78, 5) is 88.1. The summed E-state index contributed by atoms with van der Waals surface area (Å²) in [6.45, 7) is 16.4. The van der Waals surface area contributed by atoms with Gasteiger partial charge in [0.05, 0.1) is 22.8 Å². The number of H-pyrrole nitrogens is 2. The highest BCUT2D eigenvalue weighted by Crippen LogP contribution is 2.44. The maximum atomic E-state index is 14.4. The van der Waals surface area contributed by atoms with Crippen LogP contribution in [0.5, 0.6) is 5.75 Å². The van der Waals surface area contributed by atoms with Crippen LogP contribution in [0.2, 0.25) is 0 Å². The van der Waals surface area contributed by atoms with E-state index in [2.05, 4.69) is 49.2 Å². The van der Waals surface area contributed by atoms with Gasteiger partial charge in [0.1, 0.15) is 5.75 Å². The number of rotatable bonds is 14. The van der Waals surface area contributed by atoms with E-state index in [1.54, 1.807) is 42.5 Å². The molecule has 8 bridgehead atoms. The number of aromatic nitrogens is 4. The molecule has 458 valence electrons. The second-order valence-corrected chi connectivity index (χ2v) is 25.7. The number of nitrogens with zero attached hydrogens (tertiary/aromatic N) is 2. The molecule has 11 rings (SSSR count). The van der Waals surface area contributed by atoms with Gasteiger partial charge in [-0.3, -0.25) is 24.0 Å². The number of nitrogens with one attached hydrogen (secondary N) is 7. The number of hydrogen-bond acceptors (Lipinski definition) is 9. The maximum absolute atomic E-state index is 14.4. The molecule has 16 heteroatoms. The first-order valence-corrected chi connectivity index (χ1v) is 30.7. The summed E-state index contributed by atoms with van der Waals surface area (Å²) >= 11 is 4.60. The lowest BCUT2D eigenvalue weighted by Crippen LogP contribution is -2.27. The van der Waals surface area contributed by atoms with Gasteiger partial charge in [0, 0.05) is 128 Å². The van der Waals surface area contributed by atoms with Gasteiger partial charge in [0.2, 0.25) is 17.7 Å². The van der Waals surface area contributed by atoms with Crippen molar-refractivity contribution in [3.63, 3.8) is 0 Å². The first kappa shape index (κ1) is 62.0.